The van der Waals surface area contributed by atoms with Crippen LogP contribution in [0.3, 0.4) is 0 Å². The Kier molecular flexibility index (Phi) is 2.45. The fraction of sp³-hybridized carbons (Fsp3) is 0.625. The van der Waals surface area contributed by atoms with Crippen molar-refractivity contribution in [1.29, 1.82) is 0 Å². The molecule has 1 aliphatic rings. The number of aromatic nitrogens is 3. The van der Waals surface area contributed by atoms with Crippen LogP contribution in [0.5, 0.6) is 0 Å². The van der Waals surface area contributed by atoms with E-state index in [1.165, 1.54) is 0 Å². The van der Waals surface area contributed by atoms with E-state index in [-0.39, 0.29) is 18.5 Å². The third-order valence-corrected chi connectivity index (χ3v) is 2.37. The zero-order valence-electron chi connectivity index (χ0n) is 7.81. The van der Waals surface area contributed by atoms with Crippen molar-refractivity contribution in [3.63, 3.8) is 0 Å². The molecule has 6 nitrogen and oxygen atoms in total. The monoisotopic (exact) mass is 195 g/mol. The number of primary amides is 1. The zero-order chi connectivity index (χ0) is 9.97. The average Bonchev–Trinajstić information content (AvgIpc) is 2.61. The Hall–Kier alpha value is -1.43. The van der Waals surface area contributed by atoms with Crippen molar-refractivity contribution in [2.45, 2.75) is 25.4 Å². The molecule has 3 N–H and O–H groups in total. The summed E-state index contributed by atoms with van der Waals surface area (Å²) in [6.07, 6.45) is 3.44. The van der Waals surface area contributed by atoms with Gasteiger partial charge < -0.3 is 11.1 Å². The van der Waals surface area contributed by atoms with Gasteiger partial charge in [0.15, 0.2) is 0 Å². The van der Waals surface area contributed by atoms with Crippen LogP contribution in [0.2, 0.25) is 0 Å². The summed E-state index contributed by atoms with van der Waals surface area (Å²) < 4.78 is 1.86. The van der Waals surface area contributed by atoms with Crippen LogP contribution in [0.1, 0.15) is 12.2 Å². The number of nitrogens with one attached hydrogen (secondary N) is 1. The van der Waals surface area contributed by atoms with Crippen molar-refractivity contribution in [2.75, 3.05) is 6.54 Å². The number of nitrogens with zero attached hydrogens (tertiary/aromatic N) is 3. The van der Waals surface area contributed by atoms with Crippen LogP contribution in [0.25, 0.3) is 0 Å². The molecule has 1 unspecified atom stereocenters. The Balaban J connectivity index is 1.91. The predicted molar refractivity (Wildman–Crippen MR) is 49.3 cm³/mol. The van der Waals surface area contributed by atoms with E-state index in [0.717, 1.165) is 25.2 Å². The standard InChI is InChI=1S/C8H13N5O/c9-7(14)3-10-6-1-2-8-11-5-12-13(8)4-6/h5-6,10H,1-4H2,(H2,9,14). The molecule has 2 heterocycles. The molecule has 14 heavy (non-hydrogen) atoms. The maximum atomic E-state index is 10.6. The second kappa shape index (κ2) is 3.75. The molecule has 0 aliphatic carbocycles. The summed E-state index contributed by atoms with van der Waals surface area (Å²) in [6, 6.07) is 0.275. The fourth-order valence-corrected chi connectivity index (χ4v) is 1.65. The van der Waals surface area contributed by atoms with Gasteiger partial charge in [-0.2, -0.15) is 5.10 Å². The van der Waals surface area contributed by atoms with Gasteiger partial charge in [0, 0.05) is 12.5 Å². The van der Waals surface area contributed by atoms with Crippen LogP contribution in [0, 0.1) is 0 Å². The second-order valence-electron chi connectivity index (χ2n) is 3.44. The molecule has 0 fully saturated rings. The maximum absolute atomic E-state index is 10.6. The van der Waals surface area contributed by atoms with Gasteiger partial charge in [-0.25, -0.2) is 9.67 Å². The molecule has 0 saturated carbocycles. The van der Waals surface area contributed by atoms with E-state index in [9.17, 15) is 4.79 Å². The summed E-state index contributed by atoms with van der Waals surface area (Å²) in [5.74, 6) is 0.691. The number of carbonyl (C=O) groups excluding carboxylic acids is 1. The predicted octanol–water partition coefficient (Wildman–Crippen LogP) is -1.33. The number of amides is 1. The average molecular weight is 195 g/mol. The van der Waals surface area contributed by atoms with E-state index in [1.807, 2.05) is 4.68 Å². The lowest BCUT2D eigenvalue weighted by Gasteiger charge is -2.22. The van der Waals surface area contributed by atoms with Crippen molar-refractivity contribution in [3.05, 3.63) is 12.2 Å². The molecular formula is C8H13N5O. The molecule has 0 aromatic carbocycles. The number of aryl methyl sites for hydroxylation is 1. The smallest absolute Gasteiger partial charge is 0.231 e. The van der Waals surface area contributed by atoms with Gasteiger partial charge in [0.25, 0.3) is 0 Å². The third-order valence-electron chi connectivity index (χ3n) is 2.37. The van der Waals surface area contributed by atoms with Gasteiger partial charge in [0.05, 0.1) is 13.1 Å². The number of carbonyl (C=O) groups is 1. The van der Waals surface area contributed by atoms with E-state index in [2.05, 4.69) is 15.4 Å². The highest BCUT2D eigenvalue weighted by Gasteiger charge is 2.19. The lowest BCUT2D eigenvalue weighted by atomic mass is 10.1. The van der Waals surface area contributed by atoms with Gasteiger partial charge in [-0.15, -0.1) is 0 Å². The van der Waals surface area contributed by atoms with Crippen LogP contribution in [0.4, 0.5) is 0 Å². The van der Waals surface area contributed by atoms with Gasteiger partial charge in [0.1, 0.15) is 12.2 Å². The van der Waals surface area contributed by atoms with Crippen molar-refractivity contribution in [3.8, 4) is 0 Å². The Labute approximate surface area is 81.5 Å². The van der Waals surface area contributed by atoms with E-state index in [0.29, 0.717) is 0 Å². The highest BCUT2D eigenvalue weighted by Crippen LogP contribution is 2.10. The lowest BCUT2D eigenvalue weighted by Crippen LogP contribution is -2.41. The fourth-order valence-electron chi connectivity index (χ4n) is 1.65. The van der Waals surface area contributed by atoms with Gasteiger partial charge in [-0.05, 0) is 6.42 Å². The van der Waals surface area contributed by atoms with E-state index in [1.54, 1.807) is 6.33 Å². The van der Waals surface area contributed by atoms with Gasteiger partial charge in [0.2, 0.25) is 5.91 Å². The Morgan fingerprint density at radius 3 is 3.43 bits per heavy atom. The molecule has 1 atom stereocenters. The quantitative estimate of drug-likeness (QED) is 0.625. The number of nitrogens with two attached hydrogens (primary N) is 1. The molecule has 76 valence electrons. The van der Waals surface area contributed by atoms with Gasteiger partial charge >= 0.3 is 0 Å². The lowest BCUT2D eigenvalue weighted by molar-refractivity contribution is -0.117. The Bertz CT molecular complexity index is 334. The van der Waals surface area contributed by atoms with Gasteiger partial charge in [-0.1, -0.05) is 0 Å². The summed E-state index contributed by atoms with van der Waals surface area (Å²) in [6.45, 7) is 0.997. The van der Waals surface area contributed by atoms with E-state index >= 15 is 0 Å². The molecule has 0 bridgehead atoms. The molecule has 2 rings (SSSR count). The van der Waals surface area contributed by atoms with Crippen molar-refractivity contribution in [1.82, 2.24) is 20.1 Å². The molecule has 0 spiro atoms. The van der Waals surface area contributed by atoms with Crippen LogP contribution >= 0.6 is 0 Å². The summed E-state index contributed by atoms with van der Waals surface area (Å²) in [5, 5.41) is 7.17. The molecule has 0 saturated heterocycles. The summed E-state index contributed by atoms with van der Waals surface area (Å²) >= 11 is 0. The highest BCUT2D eigenvalue weighted by atomic mass is 16.1. The van der Waals surface area contributed by atoms with Gasteiger partial charge in [-0.3, -0.25) is 4.79 Å². The largest absolute Gasteiger partial charge is 0.369 e. The van der Waals surface area contributed by atoms with Crippen molar-refractivity contribution >= 4 is 5.91 Å². The van der Waals surface area contributed by atoms with E-state index < -0.39 is 0 Å². The molecule has 6 heteroatoms. The second-order valence-corrected chi connectivity index (χ2v) is 3.44. The Morgan fingerprint density at radius 1 is 1.79 bits per heavy atom. The minimum atomic E-state index is -0.325. The van der Waals surface area contributed by atoms with Crippen LogP contribution in [-0.4, -0.2) is 33.3 Å². The molecule has 1 amide bonds. The first-order chi connectivity index (χ1) is 6.75. The normalized spacial score (nSPS) is 20.4. The highest BCUT2D eigenvalue weighted by molar-refractivity contribution is 5.75. The van der Waals surface area contributed by atoms with E-state index in [4.69, 9.17) is 5.73 Å². The first-order valence-electron chi connectivity index (χ1n) is 4.64. The van der Waals surface area contributed by atoms with Crippen molar-refractivity contribution in [2.24, 2.45) is 5.73 Å². The van der Waals surface area contributed by atoms with Crippen LogP contribution in [-0.2, 0) is 17.8 Å². The maximum Gasteiger partial charge on any atom is 0.231 e. The number of rotatable bonds is 3. The first kappa shape index (κ1) is 9.14. The SMILES string of the molecule is NC(=O)CNC1CCc2ncnn2C1. The van der Waals surface area contributed by atoms with Crippen LogP contribution < -0.4 is 11.1 Å². The first-order valence-corrected chi connectivity index (χ1v) is 4.64. The zero-order valence-corrected chi connectivity index (χ0v) is 7.81. The minimum absolute atomic E-state index is 0.231. The molecular weight excluding hydrogens is 182 g/mol. The molecule has 1 aromatic rings. The molecule has 1 aliphatic heterocycles. The number of hydrogen-bond acceptors (Lipinski definition) is 4. The topological polar surface area (TPSA) is 85.8 Å². The summed E-state index contributed by atoms with van der Waals surface area (Å²) in [4.78, 5) is 14.7. The number of hydrogen-bond donors (Lipinski definition) is 2. The Morgan fingerprint density at radius 2 is 2.64 bits per heavy atom. The summed E-state index contributed by atoms with van der Waals surface area (Å²) in [7, 11) is 0. The molecule has 1 aromatic heterocycles. The third kappa shape index (κ3) is 1.90. The summed E-state index contributed by atoms with van der Waals surface area (Å²) in [5.41, 5.74) is 5.05. The molecule has 0 radical (unpaired) electrons. The van der Waals surface area contributed by atoms with Crippen molar-refractivity contribution < 1.29 is 4.79 Å². The van der Waals surface area contributed by atoms with Crippen LogP contribution in [0.15, 0.2) is 6.33 Å². The number of fused-ring (bicyclic) bond motifs is 1. The minimum Gasteiger partial charge on any atom is -0.369 e.